The first-order chi connectivity index (χ1) is 16.0. The molecule has 0 atom stereocenters. The van der Waals surface area contributed by atoms with Crippen LogP contribution in [0.3, 0.4) is 0 Å². The molecule has 5 aliphatic rings. The molecule has 0 fully saturated rings. The number of rotatable bonds is 1. The van der Waals surface area contributed by atoms with Gasteiger partial charge in [-0.2, -0.15) is 0 Å². The molecule has 5 heteroatoms. The molecule has 6 rings (SSSR count). The zero-order valence-corrected chi connectivity index (χ0v) is 20.9. The Labute approximate surface area is 218 Å². The largest absolute Gasteiger partial charge is 2.00 e. The van der Waals surface area contributed by atoms with Gasteiger partial charge in [0.2, 0.25) is 0 Å². The summed E-state index contributed by atoms with van der Waals surface area (Å²) >= 11 is 0. The van der Waals surface area contributed by atoms with E-state index in [1.165, 1.54) is 22.3 Å². The fourth-order valence-electron chi connectivity index (χ4n) is 4.36. The number of aliphatic imine (C=N–C) groups is 4. The second-order valence-electron chi connectivity index (χ2n) is 8.62. The van der Waals surface area contributed by atoms with Crippen LogP contribution < -0.4 is 0 Å². The topological polar surface area (TPSA) is 49.4 Å². The fraction of sp³-hybridized carbons (Fsp3) is 0.103. The Morgan fingerprint density at radius 3 is 1.65 bits per heavy atom. The van der Waals surface area contributed by atoms with Gasteiger partial charge in [0.25, 0.3) is 0 Å². The SMILES string of the molecule is Cc1ccc(C2=CC3=NC2=CC2=NC(=CC4=NC(=CC5=NC(=C3)C=C5)C=C4)C=C2)c(C)c1C.[H-].[H-].[Mg+2]. The van der Waals surface area contributed by atoms with Crippen LogP contribution in [0.5, 0.6) is 0 Å². The number of allylic oxidation sites excluding steroid dienone is 12. The first-order valence-electron chi connectivity index (χ1n) is 11.1. The molecule has 0 N–H and O–H groups in total. The minimum absolute atomic E-state index is 0. The van der Waals surface area contributed by atoms with Gasteiger partial charge in [-0.15, -0.1) is 0 Å². The molecule has 0 spiro atoms. The van der Waals surface area contributed by atoms with Crippen LogP contribution in [0.15, 0.2) is 122 Å². The molecule has 0 amide bonds. The van der Waals surface area contributed by atoms with Crippen molar-refractivity contribution in [2.75, 3.05) is 0 Å². The molecule has 0 aliphatic carbocycles. The third-order valence-electron chi connectivity index (χ3n) is 6.39. The van der Waals surface area contributed by atoms with E-state index in [2.05, 4.69) is 50.0 Å². The third-order valence-corrected chi connectivity index (χ3v) is 6.39. The fourth-order valence-corrected chi connectivity index (χ4v) is 4.36. The molecule has 0 saturated heterocycles. The summed E-state index contributed by atoms with van der Waals surface area (Å²) in [5.41, 5.74) is 13.3. The molecule has 0 saturated carbocycles. The first-order valence-corrected chi connectivity index (χ1v) is 11.1. The number of nitrogens with zero attached hydrogens (tertiary/aromatic N) is 4. The van der Waals surface area contributed by atoms with E-state index in [1.807, 2.05) is 54.7 Å². The van der Waals surface area contributed by atoms with Crippen LogP contribution in [0, 0.1) is 20.8 Å². The Kier molecular flexibility index (Phi) is 5.76. The zero-order chi connectivity index (χ0) is 22.5. The second-order valence-corrected chi connectivity index (χ2v) is 8.62. The zero-order valence-electron chi connectivity index (χ0n) is 21.5. The van der Waals surface area contributed by atoms with E-state index in [9.17, 15) is 0 Å². The van der Waals surface area contributed by atoms with E-state index >= 15 is 0 Å². The summed E-state index contributed by atoms with van der Waals surface area (Å²) in [5.74, 6) is 0. The molecule has 0 unspecified atom stereocenters. The van der Waals surface area contributed by atoms with Gasteiger partial charge in [-0.3, -0.25) is 0 Å². The van der Waals surface area contributed by atoms with Gasteiger partial charge in [0.05, 0.1) is 45.6 Å². The van der Waals surface area contributed by atoms with Crippen molar-refractivity contribution in [2.24, 2.45) is 20.0 Å². The predicted octanol–water partition coefficient (Wildman–Crippen LogP) is 5.88. The van der Waals surface area contributed by atoms with E-state index in [-0.39, 0.29) is 25.9 Å². The first kappa shape index (κ1) is 22.4. The summed E-state index contributed by atoms with van der Waals surface area (Å²) in [7, 11) is 0. The summed E-state index contributed by atoms with van der Waals surface area (Å²) < 4.78 is 0. The van der Waals surface area contributed by atoms with Gasteiger partial charge < -0.3 is 2.85 Å². The van der Waals surface area contributed by atoms with Crippen molar-refractivity contribution in [1.82, 2.24) is 0 Å². The number of hydrogen-bond acceptors (Lipinski definition) is 4. The van der Waals surface area contributed by atoms with Crippen molar-refractivity contribution in [1.29, 1.82) is 0 Å². The van der Waals surface area contributed by atoms with Crippen LogP contribution in [0.25, 0.3) is 5.57 Å². The maximum absolute atomic E-state index is 4.96. The van der Waals surface area contributed by atoms with Gasteiger partial charge in [-0.05, 0) is 110 Å². The van der Waals surface area contributed by atoms with Crippen molar-refractivity contribution < 1.29 is 2.85 Å². The monoisotopic (exact) mass is 452 g/mol. The quantitative estimate of drug-likeness (QED) is 0.478. The van der Waals surface area contributed by atoms with Gasteiger partial charge in [0.1, 0.15) is 0 Å². The maximum atomic E-state index is 4.96. The van der Waals surface area contributed by atoms with E-state index in [4.69, 9.17) is 15.0 Å². The second kappa shape index (κ2) is 8.74. The molecule has 5 aliphatic heterocycles. The summed E-state index contributed by atoms with van der Waals surface area (Å²) in [4.78, 5) is 19.2. The summed E-state index contributed by atoms with van der Waals surface area (Å²) in [6.45, 7) is 6.52. The molecule has 1 aromatic rings. The summed E-state index contributed by atoms with van der Waals surface area (Å²) in [5, 5.41) is 0. The molecule has 8 bridgehead atoms. The van der Waals surface area contributed by atoms with Crippen molar-refractivity contribution >= 4 is 51.5 Å². The van der Waals surface area contributed by atoms with Crippen LogP contribution in [0.2, 0.25) is 0 Å². The number of hydrogen-bond donors (Lipinski definition) is 0. The Balaban J connectivity index is 0.00000120. The summed E-state index contributed by atoms with van der Waals surface area (Å²) in [6, 6.07) is 4.38. The predicted molar refractivity (Wildman–Crippen MR) is 146 cm³/mol. The third kappa shape index (κ3) is 4.13. The Morgan fingerprint density at radius 2 is 1.06 bits per heavy atom. The molecule has 4 nitrogen and oxygen atoms in total. The maximum Gasteiger partial charge on any atom is 2.00 e. The van der Waals surface area contributed by atoms with Crippen molar-refractivity contribution in [3.63, 3.8) is 0 Å². The summed E-state index contributed by atoms with van der Waals surface area (Å²) in [6.07, 6.45) is 22.3. The Morgan fingerprint density at radius 1 is 0.529 bits per heavy atom. The van der Waals surface area contributed by atoms with Crippen LogP contribution in [-0.2, 0) is 0 Å². The molecular formula is C29H24MgN4. The van der Waals surface area contributed by atoms with Crippen molar-refractivity contribution in [3.8, 4) is 0 Å². The average Bonchev–Trinajstić information content (AvgIpc) is 3.58. The van der Waals surface area contributed by atoms with Crippen molar-refractivity contribution in [2.45, 2.75) is 20.8 Å². The van der Waals surface area contributed by atoms with Crippen molar-refractivity contribution in [3.05, 3.63) is 124 Å². The van der Waals surface area contributed by atoms with Crippen LogP contribution >= 0.6 is 0 Å². The van der Waals surface area contributed by atoms with Crippen LogP contribution in [0.1, 0.15) is 25.1 Å². The molecule has 1 aromatic carbocycles. The number of fused-ring (bicyclic) bond motifs is 4. The van der Waals surface area contributed by atoms with Gasteiger partial charge in [-0.1, -0.05) is 12.1 Å². The molecule has 5 heterocycles. The van der Waals surface area contributed by atoms with Gasteiger partial charge in [-0.25, -0.2) is 20.0 Å². The van der Waals surface area contributed by atoms with Gasteiger partial charge in [0.15, 0.2) is 0 Å². The van der Waals surface area contributed by atoms with E-state index in [0.29, 0.717) is 0 Å². The normalized spacial score (nSPS) is 19.4. The molecule has 34 heavy (non-hydrogen) atoms. The standard InChI is InChI=1S/C29H22N4.Mg.2H/c1-17-4-11-27(19(3)18(17)2)28-15-26-14-24-8-7-22(31-24)12-20-5-6-21(30-20)13-23-9-10-25(32-23)16-29(28)33-26;;;/h4-16H,1-3H3;;;/q;+2;2*-1. The molecule has 0 aromatic heterocycles. The smallest absolute Gasteiger partial charge is 1.00 e. The molecule has 162 valence electrons. The Hall–Kier alpha value is -3.41. The number of aryl methyl sites for hydroxylation is 1. The minimum Gasteiger partial charge on any atom is -1.00 e. The average molecular weight is 453 g/mol. The molecular weight excluding hydrogens is 429 g/mol. The van der Waals surface area contributed by atoms with E-state index in [1.54, 1.807) is 0 Å². The number of benzene rings is 1. The van der Waals surface area contributed by atoms with Crippen LogP contribution in [0.4, 0.5) is 0 Å². The Bertz CT molecular complexity index is 1520. The minimum atomic E-state index is 0. The van der Waals surface area contributed by atoms with Gasteiger partial charge >= 0.3 is 23.1 Å². The van der Waals surface area contributed by atoms with Gasteiger partial charge in [0, 0.05) is 5.57 Å². The van der Waals surface area contributed by atoms with E-state index < -0.39 is 0 Å². The molecule has 0 radical (unpaired) electrons. The van der Waals surface area contributed by atoms with E-state index in [0.717, 1.165) is 51.2 Å². The van der Waals surface area contributed by atoms with Crippen LogP contribution in [-0.4, -0.2) is 45.9 Å².